The topological polar surface area (TPSA) is 58.2 Å². The Hall–Kier alpha value is -2.34. The van der Waals surface area contributed by atoms with Crippen LogP contribution in [0.5, 0.6) is 0 Å². The SMILES string of the molecule is CC(=O)Nc1ccc(SC(C)C(=O)NC(C)c2ccc(F)cc2)cc1. The number of amides is 2. The van der Waals surface area contributed by atoms with Crippen LogP contribution in [-0.4, -0.2) is 17.1 Å². The van der Waals surface area contributed by atoms with Crippen molar-refractivity contribution in [3.63, 3.8) is 0 Å². The van der Waals surface area contributed by atoms with Gasteiger partial charge in [0.2, 0.25) is 11.8 Å². The highest BCUT2D eigenvalue weighted by Crippen LogP contribution is 2.25. The van der Waals surface area contributed by atoms with Crippen LogP contribution in [0.4, 0.5) is 10.1 Å². The molecule has 0 heterocycles. The highest BCUT2D eigenvalue weighted by Gasteiger charge is 2.17. The van der Waals surface area contributed by atoms with Gasteiger partial charge in [0.05, 0.1) is 11.3 Å². The monoisotopic (exact) mass is 360 g/mol. The summed E-state index contributed by atoms with van der Waals surface area (Å²) in [4.78, 5) is 24.3. The van der Waals surface area contributed by atoms with Crippen LogP contribution in [0.2, 0.25) is 0 Å². The van der Waals surface area contributed by atoms with Crippen LogP contribution in [0.3, 0.4) is 0 Å². The first kappa shape index (κ1) is 19.0. The molecule has 132 valence electrons. The zero-order chi connectivity index (χ0) is 18.4. The van der Waals surface area contributed by atoms with Crippen LogP contribution < -0.4 is 10.6 Å². The number of anilines is 1. The normalized spacial score (nSPS) is 13.0. The second kappa shape index (κ2) is 8.67. The second-order valence-electron chi connectivity index (χ2n) is 5.75. The first-order chi connectivity index (χ1) is 11.8. The van der Waals surface area contributed by atoms with Crippen molar-refractivity contribution in [3.05, 3.63) is 59.9 Å². The third kappa shape index (κ3) is 5.90. The van der Waals surface area contributed by atoms with Gasteiger partial charge in [-0.05, 0) is 55.8 Å². The van der Waals surface area contributed by atoms with E-state index in [-0.39, 0.29) is 28.9 Å². The zero-order valence-corrected chi connectivity index (χ0v) is 15.2. The van der Waals surface area contributed by atoms with Crippen molar-refractivity contribution in [1.82, 2.24) is 5.32 Å². The van der Waals surface area contributed by atoms with E-state index in [4.69, 9.17) is 0 Å². The lowest BCUT2D eigenvalue weighted by atomic mass is 10.1. The van der Waals surface area contributed by atoms with Gasteiger partial charge in [-0.1, -0.05) is 12.1 Å². The van der Waals surface area contributed by atoms with Crippen LogP contribution in [0.1, 0.15) is 32.4 Å². The third-order valence-electron chi connectivity index (χ3n) is 3.59. The van der Waals surface area contributed by atoms with Crippen LogP contribution in [0, 0.1) is 5.82 Å². The lowest BCUT2D eigenvalue weighted by Crippen LogP contribution is -2.33. The summed E-state index contributed by atoms with van der Waals surface area (Å²) < 4.78 is 13.0. The van der Waals surface area contributed by atoms with Crippen LogP contribution in [-0.2, 0) is 9.59 Å². The molecule has 0 saturated carbocycles. The van der Waals surface area contributed by atoms with Crippen molar-refractivity contribution in [2.24, 2.45) is 0 Å². The van der Waals surface area contributed by atoms with E-state index in [1.807, 2.05) is 26.0 Å². The molecular formula is C19H21FN2O2S. The molecule has 25 heavy (non-hydrogen) atoms. The molecule has 0 aliphatic rings. The van der Waals surface area contributed by atoms with Gasteiger partial charge in [0.25, 0.3) is 0 Å². The molecular weight excluding hydrogens is 339 g/mol. The smallest absolute Gasteiger partial charge is 0.233 e. The largest absolute Gasteiger partial charge is 0.349 e. The molecule has 4 nitrogen and oxygen atoms in total. The average molecular weight is 360 g/mol. The zero-order valence-electron chi connectivity index (χ0n) is 14.4. The Morgan fingerprint density at radius 1 is 1.00 bits per heavy atom. The van der Waals surface area contributed by atoms with Gasteiger partial charge < -0.3 is 10.6 Å². The summed E-state index contributed by atoms with van der Waals surface area (Å²) in [5, 5.41) is 5.35. The van der Waals surface area contributed by atoms with Crippen LogP contribution in [0.25, 0.3) is 0 Å². The van der Waals surface area contributed by atoms with E-state index in [0.717, 1.165) is 16.1 Å². The molecule has 2 amide bonds. The molecule has 0 aliphatic carbocycles. The average Bonchev–Trinajstić information content (AvgIpc) is 2.56. The van der Waals surface area contributed by atoms with Crippen molar-refractivity contribution in [1.29, 1.82) is 0 Å². The van der Waals surface area contributed by atoms with Gasteiger partial charge >= 0.3 is 0 Å². The molecule has 0 aliphatic heterocycles. The number of benzene rings is 2. The molecule has 2 unspecified atom stereocenters. The maximum atomic E-state index is 13.0. The molecule has 2 rings (SSSR count). The first-order valence-electron chi connectivity index (χ1n) is 7.95. The highest BCUT2D eigenvalue weighted by atomic mass is 32.2. The van der Waals surface area contributed by atoms with E-state index < -0.39 is 0 Å². The van der Waals surface area contributed by atoms with Crippen molar-refractivity contribution in [2.45, 2.75) is 37.0 Å². The number of carbonyl (C=O) groups excluding carboxylic acids is 2. The van der Waals surface area contributed by atoms with Crippen LogP contribution in [0.15, 0.2) is 53.4 Å². The van der Waals surface area contributed by atoms with E-state index in [1.165, 1.54) is 30.8 Å². The number of hydrogen-bond donors (Lipinski definition) is 2. The predicted octanol–water partition coefficient (Wildman–Crippen LogP) is 4.14. The molecule has 0 radical (unpaired) electrons. The van der Waals surface area contributed by atoms with E-state index in [0.29, 0.717) is 0 Å². The van der Waals surface area contributed by atoms with Gasteiger partial charge in [-0.25, -0.2) is 4.39 Å². The molecule has 0 saturated heterocycles. The summed E-state index contributed by atoms with van der Waals surface area (Å²) in [5.74, 6) is -0.510. The predicted molar refractivity (Wildman–Crippen MR) is 99.0 cm³/mol. The van der Waals surface area contributed by atoms with Crippen molar-refractivity contribution in [2.75, 3.05) is 5.32 Å². The van der Waals surface area contributed by atoms with Crippen molar-refractivity contribution >= 4 is 29.3 Å². The Kier molecular flexibility index (Phi) is 6.58. The molecule has 2 N–H and O–H groups in total. The number of thioether (sulfide) groups is 1. The fourth-order valence-corrected chi connectivity index (χ4v) is 3.12. The summed E-state index contributed by atoms with van der Waals surface area (Å²) in [6.45, 7) is 5.15. The summed E-state index contributed by atoms with van der Waals surface area (Å²) >= 11 is 1.43. The maximum Gasteiger partial charge on any atom is 0.233 e. The third-order valence-corrected chi connectivity index (χ3v) is 4.70. The Balaban J connectivity index is 1.91. The Morgan fingerprint density at radius 2 is 1.60 bits per heavy atom. The summed E-state index contributed by atoms with van der Waals surface area (Å²) in [7, 11) is 0. The maximum absolute atomic E-state index is 13.0. The van der Waals surface area contributed by atoms with Gasteiger partial charge in [0.1, 0.15) is 5.82 Å². The van der Waals surface area contributed by atoms with Gasteiger partial charge in [0, 0.05) is 17.5 Å². The lowest BCUT2D eigenvalue weighted by Gasteiger charge is -2.18. The molecule has 2 aromatic rings. The van der Waals surface area contributed by atoms with E-state index in [2.05, 4.69) is 10.6 Å². The Labute approximate surface area is 151 Å². The second-order valence-corrected chi connectivity index (χ2v) is 7.16. The molecule has 2 aromatic carbocycles. The number of carbonyl (C=O) groups is 2. The minimum Gasteiger partial charge on any atom is -0.349 e. The first-order valence-corrected chi connectivity index (χ1v) is 8.83. The molecule has 6 heteroatoms. The molecule has 0 aromatic heterocycles. The van der Waals surface area contributed by atoms with Crippen molar-refractivity contribution < 1.29 is 14.0 Å². The van der Waals surface area contributed by atoms with Gasteiger partial charge in [-0.3, -0.25) is 9.59 Å². The van der Waals surface area contributed by atoms with E-state index in [9.17, 15) is 14.0 Å². The molecule has 2 atom stereocenters. The quantitative estimate of drug-likeness (QED) is 0.761. The van der Waals surface area contributed by atoms with Crippen LogP contribution >= 0.6 is 11.8 Å². The molecule has 0 bridgehead atoms. The minimum absolute atomic E-state index is 0.0900. The highest BCUT2D eigenvalue weighted by molar-refractivity contribution is 8.00. The number of rotatable bonds is 6. The number of halogens is 1. The molecule has 0 fully saturated rings. The molecule has 0 spiro atoms. The Bertz CT molecular complexity index is 732. The van der Waals surface area contributed by atoms with Crippen molar-refractivity contribution in [3.8, 4) is 0 Å². The Morgan fingerprint density at radius 3 is 2.16 bits per heavy atom. The summed E-state index contributed by atoms with van der Waals surface area (Å²) in [5.41, 5.74) is 1.57. The summed E-state index contributed by atoms with van der Waals surface area (Å²) in [6.07, 6.45) is 0. The summed E-state index contributed by atoms with van der Waals surface area (Å²) in [6, 6.07) is 13.2. The minimum atomic E-state index is -0.297. The van der Waals surface area contributed by atoms with Gasteiger partial charge in [-0.2, -0.15) is 0 Å². The van der Waals surface area contributed by atoms with Gasteiger partial charge in [-0.15, -0.1) is 11.8 Å². The number of nitrogens with one attached hydrogen (secondary N) is 2. The lowest BCUT2D eigenvalue weighted by molar-refractivity contribution is -0.121. The fraction of sp³-hybridized carbons (Fsp3) is 0.263. The van der Waals surface area contributed by atoms with E-state index in [1.54, 1.807) is 24.3 Å². The standard InChI is InChI=1S/C19H21FN2O2S/c1-12(15-4-6-16(20)7-5-15)21-19(24)13(2)25-18-10-8-17(9-11-18)22-14(3)23/h4-13H,1-3H3,(H,21,24)(H,22,23). The van der Waals surface area contributed by atoms with E-state index >= 15 is 0 Å². The van der Waals surface area contributed by atoms with Gasteiger partial charge in [0.15, 0.2) is 0 Å². The fourth-order valence-electron chi connectivity index (χ4n) is 2.24. The number of hydrogen-bond acceptors (Lipinski definition) is 3.